The first-order chi connectivity index (χ1) is 7.90. The molecule has 0 bridgehead atoms. The van der Waals surface area contributed by atoms with Gasteiger partial charge in [-0.05, 0) is 12.8 Å². The lowest BCUT2D eigenvalue weighted by Gasteiger charge is -2.18. The number of aliphatic hydroxyl groups excluding tert-OH is 1. The van der Waals surface area contributed by atoms with E-state index in [0.29, 0.717) is 0 Å². The fourth-order valence-corrected chi connectivity index (χ4v) is 2.33. The first kappa shape index (κ1) is 16.7. The van der Waals surface area contributed by atoms with Crippen molar-refractivity contribution in [1.82, 2.24) is 0 Å². The summed E-state index contributed by atoms with van der Waals surface area (Å²) in [7, 11) is -1.31. The lowest BCUT2D eigenvalue weighted by atomic mass is 9.93. The summed E-state index contributed by atoms with van der Waals surface area (Å²) in [6.07, 6.45) is 6.37. The smallest absolute Gasteiger partial charge is 0.129 e. The highest BCUT2D eigenvalue weighted by Gasteiger charge is 2.17. The molecule has 0 amide bonds. The van der Waals surface area contributed by atoms with E-state index in [1.807, 2.05) is 0 Å². The quantitative estimate of drug-likeness (QED) is 0.532. The molecule has 2 heteroatoms. The van der Waals surface area contributed by atoms with Gasteiger partial charge in [-0.25, -0.2) is 0 Å². The maximum atomic E-state index is 10.2. The molecule has 0 aromatic heterocycles. The molecule has 0 aliphatic rings. The molecule has 0 spiro atoms. The molecule has 0 fully saturated rings. The Labute approximate surface area is 109 Å². The Balaban J connectivity index is 4.44. The topological polar surface area (TPSA) is 20.2 Å². The molecule has 0 saturated heterocycles. The maximum Gasteiger partial charge on any atom is 0.129 e. The van der Waals surface area contributed by atoms with Crippen molar-refractivity contribution in [3.05, 3.63) is 0 Å². The van der Waals surface area contributed by atoms with Gasteiger partial charge in [0.25, 0.3) is 0 Å². The van der Waals surface area contributed by atoms with Gasteiger partial charge in [0.1, 0.15) is 8.07 Å². The third-order valence-corrected chi connectivity index (χ3v) is 3.71. The standard InChI is InChI=1S/C15H30OSi/c1-6-8-10-14(12-13-17(3,4)5)15(16)11-9-7-2/h14-16H,6-11H2,1-5H3/t14-,15-/m1/s1. The number of hydrogen-bond acceptors (Lipinski definition) is 1. The summed E-state index contributed by atoms with van der Waals surface area (Å²) in [4.78, 5) is 0. The zero-order valence-corrected chi connectivity index (χ0v) is 13.3. The highest BCUT2D eigenvalue weighted by molar-refractivity contribution is 6.83. The molecular formula is C15H30OSi. The molecule has 0 rings (SSSR count). The molecule has 1 N–H and O–H groups in total. The van der Waals surface area contributed by atoms with Gasteiger partial charge in [-0.15, -0.1) is 11.5 Å². The van der Waals surface area contributed by atoms with Crippen LogP contribution in [0.15, 0.2) is 0 Å². The summed E-state index contributed by atoms with van der Waals surface area (Å²) in [5.41, 5.74) is 3.42. The maximum absolute atomic E-state index is 10.2. The van der Waals surface area contributed by atoms with Crippen LogP contribution in [-0.2, 0) is 0 Å². The van der Waals surface area contributed by atoms with Crippen LogP contribution in [0.25, 0.3) is 0 Å². The molecule has 0 radical (unpaired) electrons. The Hall–Kier alpha value is -0.263. The summed E-state index contributed by atoms with van der Waals surface area (Å²) >= 11 is 0. The average molecular weight is 254 g/mol. The summed E-state index contributed by atoms with van der Waals surface area (Å²) in [5.74, 6) is 3.57. The van der Waals surface area contributed by atoms with Crippen LogP contribution in [-0.4, -0.2) is 19.3 Å². The van der Waals surface area contributed by atoms with Crippen LogP contribution in [0.1, 0.15) is 52.4 Å². The third kappa shape index (κ3) is 9.44. The summed E-state index contributed by atoms with van der Waals surface area (Å²) < 4.78 is 0. The van der Waals surface area contributed by atoms with Gasteiger partial charge in [0.2, 0.25) is 0 Å². The molecule has 0 unspecified atom stereocenters. The fourth-order valence-electron chi connectivity index (χ4n) is 1.71. The van der Waals surface area contributed by atoms with E-state index in [-0.39, 0.29) is 12.0 Å². The Kier molecular flexibility index (Phi) is 8.64. The van der Waals surface area contributed by atoms with E-state index >= 15 is 0 Å². The minimum absolute atomic E-state index is 0.202. The lowest BCUT2D eigenvalue weighted by molar-refractivity contribution is 0.117. The second-order valence-electron chi connectivity index (χ2n) is 5.98. The number of unbranched alkanes of at least 4 members (excludes halogenated alkanes) is 2. The second kappa shape index (κ2) is 8.77. The lowest BCUT2D eigenvalue weighted by Crippen LogP contribution is -2.22. The van der Waals surface area contributed by atoms with Crippen molar-refractivity contribution >= 4 is 8.07 Å². The highest BCUT2D eigenvalue weighted by Crippen LogP contribution is 2.17. The SMILES string of the molecule is CCCC[C@@H](O)[C@@H](C#C[Si](C)(C)C)CCCC. The molecule has 0 aromatic rings. The zero-order chi connectivity index (χ0) is 13.3. The van der Waals surface area contributed by atoms with Gasteiger partial charge < -0.3 is 5.11 Å². The molecule has 0 aliphatic heterocycles. The van der Waals surface area contributed by atoms with Crippen LogP contribution >= 0.6 is 0 Å². The molecule has 0 aliphatic carbocycles. The van der Waals surface area contributed by atoms with E-state index in [4.69, 9.17) is 0 Å². The van der Waals surface area contributed by atoms with Crippen molar-refractivity contribution in [3.8, 4) is 11.5 Å². The van der Waals surface area contributed by atoms with Crippen LogP contribution in [0.3, 0.4) is 0 Å². The highest BCUT2D eigenvalue weighted by atomic mass is 28.3. The normalized spacial score (nSPS) is 14.9. The Morgan fingerprint density at radius 1 is 1.00 bits per heavy atom. The van der Waals surface area contributed by atoms with Gasteiger partial charge >= 0.3 is 0 Å². The van der Waals surface area contributed by atoms with Crippen LogP contribution in [0.2, 0.25) is 19.6 Å². The molecule has 0 saturated carbocycles. The van der Waals surface area contributed by atoms with Gasteiger partial charge in [-0.2, -0.15) is 0 Å². The van der Waals surface area contributed by atoms with Crippen molar-refractivity contribution in [1.29, 1.82) is 0 Å². The summed E-state index contributed by atoms with van der Waals surface area (Å²) in [6, 6.07) is 0. The van der Waals surface area contributed by atoms with Crippen LogP contribution in [0, 0.1) is 17.4 Å². The summed E-state index contributed by atoms with van der Waals surface area (Å²) in [5, 5.41) is 10.2. The van der Waals surface area contributed by atoms with Crippen molar-refractivity contribution in [3.63, 3.8) is 0 Å². The first-order valence-corrected chi connectivity index (χ1v) is 10.6. The zero-order valence-electron chi connectivity index (χ0n) is 12.3. The van der Waals surface area contributed by atoms with Crippen molar-refractivity contribution in [2.24, 2.45) is 5.92 Å². The summed E-state index contributed by atoms with van der Waals surface area (Å²) in [6.45, 7) is 11.1. The molecule has 1 nitrogen and oxygen atoms in total. The Morgan fingerprint density at radius 2 is 1.53 bits per heavy atom. The number of hydrogen-bond donors (Lipinski definition) is 1. The molecular weight excluding hydrogens is 224 g/mol. The minimum Gasteiger partial charge on any atom is -0.392 e. The average Bonchev–Trinajstić information content (AvgIpc) is 2.24. The fraction of sp³-hybridized carbons (Fsp3) is 0.867. The molecule has 0 heterocycles. The second-order valence-corrected chi connectivity index (χ2v) is 10.7. The minimum atomic E-state index is -1.31. The van der Waals surface area contributed by atoms with Crippen molar-refractivity contribution in [2.75, 3.05) is 0 Å². The van der Waals surface area contributed by atoms with E-state index < -0.39 is 8.07 Å². The third-order valence-electron chi connectivity index (χ3n) is 2.82. The Bertz CT molecular complexity index is 244. The molecule has 100 valence electrons. The van der Waals surface area contributed by atoms with E-state index in [1.54, 1.807) is 0 Å². The van der Waals surface area contributed by atoms with Gasteiger partial charge in [0.15, 0.2) is 0 Å². The van der Waals surface area contributed by atoms with Gasteiger partial charge in [-0.3, -0.25) is 0 Å². The molecule has 2 atom stereocenters. The number of rotatable bonds is 7. The number of aliphatic hydroxyl groups is 1. The monoisotopic (exact) mass is 254 g/mol. The van der Waals surface area contributed by atoms with Crippen molar-refractivity contribution in [2.45, 2.75) is 78.1 Å². The largest absolute Gasteiger partial charge is 0.392 e. The van der Waals surface area contributed by atoms with Crippen molar-refractivity contribution < 1.29 is 5.11 Å². The van der Waals surface area contributed by atoms with Crippen LogP contribution < -0.4 is 0 Å². The van der Waals surface area contributed by atoms with Crippen LogP contribution in [0.4, 0.5) is 0 Å². The van der Waals surface area contributed by atoms with Gasteiger partial charge in [0, 0.05) is 5.92 Å². The Morgan fingerprint density at radius 3 is 2.00 bits per heavy atom. The van der Waals surface area contributed by atoms with E-state index in [2.05, 4.69) is 45.0 Å². The van der Waals surface area contributed by atoms with Gasteiger partial charge in [-0.1, -0.05) is 59.2 Å². The molecule has 0 aromatic carbocycles. The van der Waals surface area contributed by atoms with E-state index in [9.17, 15) is 5.11 Å². The molecule has 17 heavy (non-hydrogen) atoms. The van der Waals surface area contributed by atoms with Gasteiger partial charge in [0.05, 0.1) is 6.10 Å². The van der Waals surface area contributed by atoms with Crippen LogP contribution in [0.5, 0.6) is 0 Å². The first-order valence-electron chi connectivity index (χ1n) is 7.11. The predicted molar refractivity (Wildman–Crippen MR) is 79.7 cm³/mol. The van der Waals surface area contributed by atoms with E-state index in [0.717, 1.165) is 25.7 Å². The van der Waals surface area contributed by atoms with E-state index in [1.165, 1.54) is 12.8 Å². The predicted octanol–water partition coefficient (Wildman–Crippen LogP) is 4.22.